The molecule has 0 amide bonds. The highest BCUT2D eigenvalue weighted by Crippen LogP contribution is 2.25. The Labute approximate surface area is 106 Å². The van der Waals surface area contributed by atoms with Crippen LogP contribution in [0.25, 0.3) is 0 Å². The summed E-state index contributed by atoms with van der Waals surface area (Å²) in [7, 11) is 1.83. The van der Waals surface area contributed by atoms with Crippen LogP contribution < -0.4 is 0 Å². The molecule has 2 rings (SSSR count). The number of halogens is 1. The summed E-state index contributed by atoms with van der Waals surface area (Å²) in [5.41, 5.74) is 3.02. The monoisotopic (exact) mass is 248 g/mol. The number of benzene rings is 1. The molecule has 96 valence electrons. The fourth-order valence-corrected chi connectivity index (χ4v) is 2.25. The van der Waals surface area contributed by atoms with Gasteiger partial charge in [0.05, 0.1) is 11.8 Å². The standard InChI is InChI=1S/C14H17FN2O/c1-9-14(10(2)17(3)16-9)13(18)8-11-6-4-5-7-12(11)15/h4-7,13,18H,8H2,1-3H3. The maximum Gasteiger partial charge on any atom is 0.126 e. The summed E-state index contributed by atoms with van der Waals surface area (Å²) in [6.07, 6.45) is -0.462. The average Bonchev–Trinajstić information content (AvgIpc) is 2.56. The second-order valence-corrected chi connectivity index (χ2v) is 4.52. The lowest BCUT2D eigenvalue weighted by Crippen LogP contribution is -2.06. The molecule has 1 N–H and O–H groups in total. The van der Waals surface area contributed by atoms with Crippen LogP contribution in [0, 0.1) is 19.7 Å². The van der Waals surface area contributed by atoms with E-state index in [1.807, 2.05) is 20.9 Å². The zero-order valence-corrected chi connectivity index (χ0v) is 10.8. The molecule has 0 aliphatic heterocycles. The smallest absolute Gasteiger partial charge is 0.126 e. The van der Waals surface area contributed by atoms with E-state index in [-0.39, 0.29) is 12.2 Å². The number of aliphatic hydroxyl groups excluding tert-OH is 1. The third kappa shape index (κ3) is 2.29. The average molecular weight is 248 g/mol. The minimum atomic E-state index is -0.726. The molecular formula is C14H17FN2O. The minimum Gasteiger partial charge on any atom is -0.388 e. The molecule has 1 atom stereocenters. The van der Waals surface area contributed by atoms with Crippen molar-refractivity contribution in [2.24, 2.45) is 7.05 Å². The number of nitrogens with zero attached hydrogens (tertiary/aromatic N) is 2. The number of aromatic nitrogens is 2. The van der Waals surface area contributed by atoms with E-state index in [0.29, 0.717) is 5.56 Å². The van der Waals surface area contributed by atoms with Crippen LogP contribution in [0.4, 0.5) is 4.39 Å². The fraction of sp³-hybridized carbons (Fsp3) is 0.357. The van der Waals surface area contributed by atoms with Crippen molar-refractivity contribution in [1.29, 1.82) is 0 Å². The highest BCUT2D eigenvalue weighted by Gasteiger charge is 2.19. The summed E-state index contributed by atoms with van der Waals surface area (Å²) in [5.74, 6) is -0.282. The van der Waals surface area contributed by atoms with Crippen LogP contribution in [0.1, 0.15) is 28.6 Å². The van der Waals surface area contributed by atoms with E-state index in [9.17, 15) is 9.50 Å². The van der Waals surface area contributed by atoms with Crippen molar-refractivity contribution in [1.82, 2.24) is 9.78 Å². The van der Waals surface area contributed by atoms with Gasteiger partial charge in [-0.2, -0.15) is 5.10 Å². The Morgan fingerprint density at radius 2 is 2.00 bits per heavy atom. The van der Waals surface area contributed by atoms with Gasteiger partial charge in [0, 0.05) is 24.7 Å². The predicted octanol–water partition coefficient (Wildman–Crippen LogP) is 2.45. The summed E-state index contributed by atoms with van der Waals surface area (Å²) < 4.78 is 15.3. The van der Waals surface area contributed by atoms with Crippen molar-refractivity contribution in [3.05, 3.63) is 52.6 Å². The first-order chi connectivity index (χ1) is 8.50. The van der Waals surface area contributed by atoms with Gasteiger partial charge in [0.15, 0.2) is 0 Å². The second-order valence-electron chi connectivity index (χ2n) is 4.52. The van der Waals surface area contributed by atoms with Gasteiger partial charge in [0.25, 0.3) is 0 Å². The lowest BCUT2D eigenvalue weighted by atomic mass is 9.99. The topological polar surface area (TPSA) is 38.0 Å². The molecule has 4 heteroatoms. The van der Waals surface area contributed by atoms with Crippen LogP contribution in [0.5, 0.6) is 0 Å². The number of rotatable bonds is 3. The Bertz CT molecular complexity index is 563. The van der Waals surface area contributed by atoms with Crippen LogP contribution in [0.2, 0.25) is 0 Å². The third-order valence-corrected chi connectivity index (χ3v) is 3.27. The number of hydrogen-bond donors (Lipinski definition) is 1. The Balaban J connectivity index is 2.28. The van der Waals surface area contributed by atoms with Gasteiger partial charge in [0.1, 0.15) is 5.82 Å². The lowest BCUT2D eigenvalue weighted by molar-refractivity contribution is 0.175. The van der Waals surface area contributed by atoms with E-state index in [1.165, 1.54) is 6.07 Å². The van der Waals surface area contributed by atoms with E-state index in [1.54, 1.807) is 22.9 Å². The molecule has 1 aromatic carbocycles. The molecule has 18 heavy (non-hydrogen) atoms. The third-order valence-electron chi connectivity index (χ3n) is 3.27. The lowest BCUT2D eigenvalue weighted by Gasteiger charge is -2.12. The van der Waals surface area contributed by atoms with Crippen LogP contribution >= 0.6 is 0 Å². The van der Waals surface area contributed by atoms with Gasteiger partial charge in [0.2, 0.25) is 0 Å². The van der Waals surface area contributed by atoms with Gasteiger partial charge in [-0.3, -0.25) is 4.68 Å². The van der Waals surface area contributed by atoms with E-state index >= 15 is 0 Å². The summed E-state index contributed by atoms with van der Waals surface area (Å²) in [6.45, 7) is 3.76. The maximum atomic E-state index is 13.5. The predicted molar refractivity (Wildman–Crippen MR) is 67.7 cm³/mol. The van der Waals surface area contributed by atoms with Crippen LogP contribution in [0.3, 0.4) is 0 Å². The molecule has 0 fully saturated rings. The molecule has 1 heterocycles. The van der Waals surface area contributed by atoms with E-state index < -0.39 is 6.10 Å². The van der Waals surface area contributed by atoms with E-state index in [4.69, 9.17) is 0 Å². The molecule has 0 saturated heterocycles. The van der Waals surface area contributed by atoms with Gasteiger partial charge in [-0.15, -0.1) is 0 Å². The summed E-state index contributed by atoms with van der Waals surface area (Å²) in [6, 6.07) is 6.52. The second kappa shape index (κ2) is 4.90. The van der Waals surface area contributed by atoms with Gasteiger partial charge in [-0.25, -0.2) is 4.39 Å². The quantitative estimate of drug-likeness (QED) is 0.906. The van der Waals surface area contributed by atoms with Crippen molar-refractivity contribution >= 4 is 0 Å². The summed E-state index contributed by atoms with van der Waals surface area (Å²) >= 11 is 0. The molecule has 3 nitrogen and oxygen atoms in total. The molecule has 0 radical (unpaired) electrons. The SMILES string of the molecule is Cc1nn(C)c(C)c1C(O)Cc1ccccc1F. The first-order valence-electron chi connectivity index (χ1n) is 5.92. The van der Waals surface area contributed by atoms with Gasteiger partial charge in [-0.1, -0.05) is 18.2 Å². The van der Waals surface area contributed by atoms with Crippen molar-refractivity contribution in [3.63, 3.8) is 0 Å². The van der Waals surface area contributed by atoms with Gasteiger partial charge >= 0.3 is 0 Å². The highest BCUT2D eigenvalue weighted by molar-refractivity contribution is 5.29. The van der Waals surface area contributed by atoms with Crippen LogP contribution in [-0.2, 0) is 13.5 Å². The Hall–Kier alpha value is -1.68. The molecule has 2 aromatic rings. The fourth-order valence-electron chi connectivity index (χ4n) is 2.25. The molecule has 1 unspecified atom stereocenters. The van der Waals surface area contributed by atoms with E-state index in [0.717, 1.165) is 17.0 Å². The summed E-state index contributed by atoms with van der Waals surface area (Å²) in [4.78, 5) is 0. The largest absolute Gasteiger partial charge is 0.388 e. The Morgan fingerprint density at radius 3 is 2.56 bits per heavy atom. The normalized spacial score (nSPS) is 12.7. The van der Waals surface area contributed by atoms with Crippen molar-refractivity contribution in [3.8, 4) is 0 Å². The zero-order chi connectivity index (χ0) is 13.3. The Morgan fingerprint density at radius 1 is 1.33 bits per heavy atom. The van der Waals surface area contributed by atoms with Crippen LogP contribution in [0.15, 0.2) is 24.3 Å². The highest BCUT2D eigenvalue weighted by atomic mass is 19.1. The molecule has 0 aliphatic carbocycles. The summed E-state index contributed by atoms with van der Waals surface area (Å²) in [5, 5.41) is 14.5. The first kappa shape index (κ1) is 12.8. The Kier molecular flexibility index (Phi) is 3.48. The van der Waals surface area contributed by atoms with Gasteiger partial charge < -0.3 is 5.11 Å². The van der Waals surface area contributed by atoms with Crippen molar-refractivity contribution in [2.45, 2.75) is 26.4 Å². The van der Waals surface area contributed by atoms with E-state index in [2.05, 4.69) is 5.10 Å². The number of aliphatic hydroxyl groups is 1. The maximum absolute atomic E-state index is 13.5. The minimum absolute atomic E-state index is 0.264. The number of aryl methyl sites for hydroxylation is 2. The van der Waals surface area contributed by atoms with Crippen molar-refractivity contribution in [2.75, 3.05) is 0 Å². The van der Waals surface area contributed by atoms with Crippen LogP contribution in [-0.4, -0.2) is 14.9 Å². The molecule has 0 bridgehead atoms. The number of hydrogen-bond acceptors (Lipinski definition) is 2. The molecular weight excluding hydrogens is 231 g/mol. The van der Waals surface area contributed by atoms with Crippen molar-refractivity contribution < 1.29 is 9.50 Å². The van der Waals surface area contributed by atoms with Gasteiger partial charge in [-0.05, 0) is 25.5 Å². The molecule has 0 aliphatic rings. The molecule has 0 spiro atoms. The molecule has 0 saturated carbocycles. The zero-order valence-electron chi connectivity index (χ0n) is 10.8. The molecule has 1 aromatic heterocycles. The first-order valence-corrected chi connectivity index (χ1v) is 5.92.